The molecule has 0 spiro atoms. The van der Waals surface area contributed by atoms with Gasteiger partial charge in [-0.2, -0.15) is 5.10 Å². The first-order chi connectivity index (χ1) is 11.8. The van der Waals surface area contributed by atoms with Crippen LogP contribution in [-0.4, -0.2) is 23.2 Å². The highest BCUT2D eigenvalue weighted by Crippen LogP contribution is 2.59. The van der Waals surface area contributed by atoms with Gasteiger partial charge in [0.15, 0.2) is 5.82 Å². The lowest BCUT2D eigenvalue weighted by atomic mass is 10.1. The molecule has 1 fully saturated rings. The van der Waals surface area contributed by atoms with Crippen LogP contribution in [0.15, 0.2) is 42.0 Å². The van der Waals surface area contributed by atoms with Crippen molar-refractivity contribution in [3.63, 3.8) is 0 Å². The van der Waals surface area contributed by atoms with Crippen LogP contribution < -0.4 is 10.1 Å². The van der Waals surface area contributed by atoms with E-state index in [4.69, 9.17) is 4.74 Å². The minimum atomic E-state index is -0.0196. The summed E-state index contributed by atoms with van der Waals surface area (Å²) in [5.74, 6) is 1.57. The maximum Gasteiger partial charge on any atom is 0.229 e. The third kappa shape index (κ3) is 3.31. The number of carbonyl (C=O) groups excluding carboxylic acids is 1. The van der Waals surface area contributed by atoms with Crippen LogP contribution in [0.2, 0.25) is 0 Å². The molecule has 25 heavy (non-hydrogen) atoms. The fourth-order valence-corrected chi connectivity index (χ4v) is 3.44. The van der Waals surface area contributed by atoms with Crippen molar-refractivity contribution in [1.29, 1.82) is 0 Å². The van der Waals surface area contributed by atoms with Crippen LogP contribution in [0.4, 0.5) is 5.82 Å². The van der Waals surface area contributed by atoms with Gasteiger partial charge in [-0.1, -0.05) is 37.6 Å². The van der Waals surface area contributed by atoms with Crippen molar-refractivity contribution >= 4 is 11.7 Å². The number of methoxy groups -OCH3 is 1. The van der Waals surface area contributed by atoms with Crippen LogP contribution in [0, 0.1) is 17.3 Å². The highest BCUT2D eigenvalue weighted by atomic mass is 16.5. The van der Waals surface area contributed by atoms with E-state index in [1.54, 1.807) is 7.11 Å². The van der Waals surface area contributed by atoms with Crippen LogP contribution in [-0.2, 0) is 4.79 Å². The summed E-state index contributed by atoms with van der Waals surface area (Å²) < 4.78 is 5.38. The van der Waals surface area contributed by atoms with Gasteiger partial charge in [-0.15, -0.1) is 0 Å². The Morgan fingerprint density at radius 2 is 2.04 bits per heavy atom. The van der Waals surface area contributed by atoms with Gasteiger partial charge in [0.25, 0.3) is 0 Å². The largest absolute Gasteiger partial charge is 0.496 e. The Bertz CT molecular complexity index is 816. The SMILES string of the molecule is COc1ccccc1-c1cc(NC(=O)C2C(C=C(C)C)C2(C)C)n[nH]1. The average Bonchev–Trinajstić information content (AvgIpc) is 2.90. The van der Waals surface area contributed by atoms with Crippen LogP contribution in [0.1, 0.15) is 27.7 Å². The van der Waals surface area contributed by atoms with E-state index in [-0.39, 0.29) is 23.2 Å². The topological polar surface area (TPSA) is 67.0 Å². The Morgan fingerprint density at radius 1 is 1.32 bits per heavy atom. The van der Waals surface area contributed by atoms with Crippen LogP contribution in [0.3, 0.4) is 0 Å². The number of rotatable bonds is 5. The van der Waals surface area contributed by atoms with Gasteiger partial charge < -0.3 is 10.1 Å². The number of aromatic amines is 1. The van der Waals surface area contributed by atoms with Crippen molar-refractivity contribution in [2.45, 2.75) is 27.7 Å². The second-order valence-corrected chi connectivity index (χ2v) is 7.43. The highest BCUT2D eigenvalue weighted by Gasteiger charge is 2.60. The summed E-state index contributed by atoms with van der Waals surface area (Å²) in [5.41, 5.74) is 2.95. The molecule has 0 radical (unpaired) electrons. The lowest BCUT2D eigenvalue weighted by molar-refractivity contribution is -0.118. The molecule has 2 unspecified atom stereocenters. The molecule has 5 heteroatoms. The van der Waals surface area contributed by atoms with Gasteiger partial charge in [-0.05, 0) is 37.3 Å². The number of amides is 1. The zero-order valence-corrected chi connectivity index (χ0v) is 15.4. The first-order valence-corrected chi connectivity index (χ1v) is 8.49. The van der Waals surface area contributed by atoms with Gasteiger partial charge in [-0.25, -0.2) is 0 Å². The summed E-state index contributed by atoms with van der Waals surface area (Å²) >= 11 is 0. The Labute approximate surface area is 148 Å². The van der Waals surface area contributed by atoms with E-state index in [1.807, 2.05) is 30.3 Å². The molecule has 2 aromatic rings. The lowest BCUT2D eigenvalue weighted by Gasteiger charge is -2.05. The van der Waals surface area contributed by atoms with Crippen LogP contribution >= 0.6 is 0 Å². The number of H-pyrrole nitrogens is 1. The third-order valence-electron chi connectivity index (χ3n) is 4.93. The number of benzene rings is 1. The standard InChI is InChI=1S/C20H25N3O2/c1-12(2)10-14-18(20(14,3)4)19(24)21-17-11-15(22-23-17)13-8-6-7-9-16(13)25-5/h6-11,14,18H,1-5H3,(H2,21,22,23,24). The molecule has 1 aromatic heterocycles. The smallest absolute Gasteiger partial charge is 0.229 e. The first-order valence-electron chi connectivity index (χ1n) is 8.49. The normalized spacial score (nSPS) is 20.7. The molecule has 2 atom stereocenters. The molecule has 5 nitrogen and oxygen atoms in total. The van der Waals surface area contributed by atoms with E-state index in [9.17, 15) is 4.79 Å². The molecule has 0 saturated heterocycles. The van der Waals surface area contributed by atoms with Crippen LogP contribution in [0.5, 0.6) is 5.75 Å². The van der Waals surface area contributed by atoms with E-state index in [2.05, 4.69) is 49.3 Å². The number of anilines is 1. The van der Waals surface area contributed by atoms with Crippen molar-refractivity contribution < 1.29 is 9.53 Å². The first kappa shape index (κ1) is 17.3. The number of ether oxygens (including phenoxy) is 1. The summed E-state index contributed by atoms with van der Waals surface area (Å²) in [5, 5.41) is 10.1. The van der Waals surface area contributed by atoms with Gasteiger partial charge in [0.1, 0.15) is 5.75 Å². The summed E-state index contributed by atoms with van der Waals surface area (Å²) in [6, 6.07) is 9.53. The predicted molar refractivity (Wildman–Crippen MR) is 99.4 cm³/mol. The summed E-state index contributed by atoms with van der Waals surface area (Å²) in [6.07, 6.45) is 2.19. The summed E-state index contributed by atoms with van der Waals surface area (Å²) in [7, 11) is 1.64. The maximum absolute atomic E-state index is 12.6. The fraction of sp³-hybridized carbons (Fsp3) is 0.400. The molecule has 3 rings (SSSR count). The van der Waals surface area contributed by atoms with E-state index in [0.29, 0.717) is 5.82 Å². The zero-order chi connectivity index (χ0) is 18.2. The van der Waals surface area contributed by atoms with E-state index in [0.717, 1.165) is 17.0 Å². The molecule has 1 heterocycles. The van der Waals surface area contributed by atoms with Crippen LogP contribution in [0.25, 0.3) is 11.3 Å². The Morgan fingerprint density at radius 3 is 2.72 bits per heavy atom. The number of nitrogens with zero attached hydrogens (tertiary/aromatic N) is 1. The molecule has 1 aliphatic carbocycles. The quantitative estimate of drug-likeness (QED) is 0.800. The van der Waals surface area contributed by atoms with Crippen molar-refractivity contribution in [2.75, 3.05) is 12.4 Å². The minimum Gasteiger partial charge on any atom is -0.496 e. The number of aromatic nitrogens is 2. The van der Waals surface area contributed by atoms with Crippen molar-refractivity contribution in [3.8, 4) is 17.0 Å². The van der Waals surface area contributed by atoms with Gasteiger partial charge >= 0.3 is 0 Å². The van der Waals surface area contributed by atoms with Crippen molar-refractivity contribution in [1.82, 2.24) is 10.2 Å². The number of para-hydroxylation sites is 1. The van der Waals surface area contributed by atoms with E-state index < -0.39 is 0 Å². The number of hydrogen-bond acceptors (Lipinski definition) is 3. The molecule has 1 amide bonds. The molecule has 1 saturated carbocycles. The van der Waals surface area contributed by atoms with E-state index >= 15 is 0 Å². The Kier molecular flexibility index (Phi) is 4.41. The number of hydrogen-bond donors (Lipinski definition) is 2. The third-order valence-corrected chi connectivity index (χ3v) is 4.93. The molecule has 1 aliphatic rings. The highest BCUT2D eigenvalue weighted by molar-refractivity contribution is 5.95. The monoisotopic (exact) mass is 339 g/mol. The van der Waals surface area contributed by atoms with Gasteiger partial charge in [-0.3, -0.25) is 9.89 Å². The molecule has 1 aromatic carbocycles. The summed E-state index contributed by atoms with van der Waals surface area (Å²) in [4.78, 5) is 12.6. The predicted octanol–water partition coefficient (Wildman–Crippen LogP) is 4.26. The number of allylic oxidation sites excluding steroid dienone is 2. The number of nitrogens with one attached hydrogen (secondary N) is 2. The molecular weight excluding hydrogens is 314 g/mol. The molecule has 0 bridgehead atoms. The number of carbonyl (C=O) groups is 1. The Balaban J connectivity index is 1.74. The molecule has 2 N–H and O–H groups in total. The zero-order valence-electron chi connectivity index (χ0n) is 15.4. The van der Waals surface area contributed by atoms with Gasteiger partial charge in [0.2, 0.25) is 5.91 Å². The second kappa shape index (κ2) is 6.39. The molecular formula is C20H25N3O2. The van der Waals surface area contributed by atoms with Crippen molar-refractivity contribution in [2.24, 2.45) is 17.3 Å². The summed E-state index contributed by atoms with van der Waals surface area (Å²) in [6.45, 7) is 8.39. The van der Waals surface area contributed by atoms with E-state index in [1.165, 1.54) is 5.57 Å². The van der Waals surface area contributed by atoms with Crippen molar-refractivity contribution in [3.05, 3.63) is 42.0 Å². The molecule has 0 aliphatic heterocycles. The lowest BCUT2D eigenvalue weighted by Crippen LogP contribution is -2.17. The van der Waals surface area contributed by atoms with Gasteiger partial charge in [0, 0.05) is 11.6 Å². The van der Waals surface area contributed by atoms with Gasteiger partial charge in [0.05, 0.1) is 18.7 Å². The Hall–Kier alpha value is -2.56. The maximum atomic E-state index is 12.6. The second-order valence-electron chi connectivity index (χ2n) is 7.43. The minimum absolute atomic E-state index is 0.0108. The fourth-order valence-electron chi connectivity index (χ4n) is 3.44. The molecule has 132 valence electrons. The average molecular weight is 339 g/mol.